The van der Waals surface area contributed by atoms with Gasteiger partial charge in [0.25, 0.3) is 0 Å². The summed E-state index contributed by atoms with van der Waals surface area (Å²) in [6, 6.07) is -0.686. The number of aromatic nitrogens is 2. The first kappa shape index (κ1) is 12.3. The number of aliphatic carboxylic acids is 1. The molecule has 1 fully saturated rings. The highest BCUT2D eigenvalue weighted by Crippen LogP contribution is 2.32. The third-order valence-corrected chi connectivity index (χ3v) is 4.28. The summed E-state index contributed by atoms with van der Waals surface area (Å²) in [5.41, 5.74) is 1.98. The molecule has 6 nitrogen and oxygen atoms in total. The van der Waals surface area contributed by atoms with E-state index in [1.165, 1.54) is 6.33 Å². The number of anilines is 1. The Labute approximate surface area is 113 Å². The molecule has 0 bridgehead atoms. The van der Waals surface area contributed by atoms with E-state index in [0.717, 1.165) is 15.8 Å². The van der Waals surface area contributed by atoms with E-state index in [0.29, 0.717) is 19.0 Å². The molecule has 0 aromatic carbocycles. The fourth-order valence-electron chi connectivity index (χ4n) is 2.22. The quantitative estimate of drug-likeness (QED) is 0.892. The van der Waals surface area contributed by atoms with E-state index in [9.17, 15) is 9.90 Å². The second-order valence-electron chi connectivity index (χ2n) is 4.42. The van der Waals surface area contributed by atoms with Gasteiger partial charge < -0.3 is 14.7 Å². The standard InChI is InChI=1S/C12H13N3O3S/c1-7-5-19-10-9(7)13-6-14-11(10)15-2-3-18-4-8(15)12(16)17/h5-6,8H,2-4H2,1H3,(H,16,17). The van der Waals surface area contributed by atoms with Gasteiger partial charge in [-0.15, -0.1) is 11.3 Å². The van der Waals surface area contributed by atoms with Crippen molar-refractivity contribution in [3.63, 3.8) is 0 Å². The summed E-state index contributed by atoms with van der Waals surface area (Å²) >= 11 is 1.55. The highest BCUT2D eigenvalue weighted by atomic mass is 32.1. The molecule has 0 aliphatic carbocycles. The third-order valence-electron chi connectivity index (χ3n) is 3.20. The summed E-state index contributed by atoms with van der Waals surface area (Å²) in [6.07, 6.45) is 1.49. The van der Waals surface area contributed by atoms with Crippen LogP contribution in [0.5, 0.6) is 0 Å². The maximum Gasteiger partial charge on any atom is 0.328 e. The summed E-state index contributed by atoms with van der Waals surface area (Å²) in [4.78, 5) is 21.7. The fourth-order valence-corrected chi connectivity index (χ4v) is 3.23. The number of carboxylic acids is 1. The zero-order valence-electron chi connectivity index (χ0n) is 10.4. The number of rotatable bonds is 2. The van der Waals surface area contributed by atoms with Crippen molar-refractivity contribution in [2.75, 3.05) is 24.7 Å². The van der Waals surface area contributed by atoms with Crippen LogP contribution in [0.4, 0.5) is 5.82 Å². The maximum atomic E-state index is 11.3. The number of carbonyl (C=O) groups is 1. The lowest BCUT2D eigenvalue weighted by Crippen LogP contribution is -2.50. The van der Waals surface area contributed by atoms with Crippen LogP contribution in [-0.2, 0) is 9.53 Å². The van der Waals surface area contributed by atoms with Gasteiger partial charge in [-0.05, 0) is 17.9 Å². The van der Waals surface area contributed by atoms with Crippen LogP contribution in [-0.4, -0.2) is 46.8 Å². The van der Waals surface area contributed by atoms with Crippen molar-refractivity contribution in [3.05, 3.63) is 17.3 Å². The molecular weight excluding hydrogens is 266 g/mol. The Morgan fingerprint density at radius 1 is 1.58 bits per heavy atom. The predicted molar refractivity (Wildman–Crippen MR) is 71.7 cm³/mol. The smallest absolute Gasteiger partial charge is 0.328 e. The Morgan fingerprint density at radius 2 is 2.42 bits per heavy atom. The average Bonchev–Trinajstić information content (AvgIpc) is 2.81. The molecule has 3 heterocycles. The maximum absolute atomic E-state index is 11.3. The second-order valence-corrected chi connectivity index (χ2v) is 5.30. The molecule has 1 N–H and O–H groups in total. The van der Waals surface area contributed by atoms with Crippen LogP contribution in [0, 0.1) is 6.92 Å². The molecule has 0 amide bonds. The summed E-state index contributed by atoms with van der Waals surface area (Å²) in [5, 5.41) is 11.3. The van der Waals surface area contributed by atoms with Crippen LogP contribution in [0.25, 0.3) is 10.2 Å². The molecule has 0 spiro atoms. The molecule has 1 unspecified atom stereocenters. The lowest BCUT2D eigenvalue weighted by molar-refractivity contribution is -0.141. The van der Waals surface area contributed by atoms with Gasteiger partial charge in [0.05, 0.1) is 23.4 Å². The molecule has 2 aromatic heterocycles. The minimum atomic E-state index is -0.889. The largest absolute Gasteiger partial charge is 0.480 e. The number of thiophene rings is 1. The zero-order chi connectivity index (χ0) is 13.4. The van der Waals surface area contributed by atoms with E-state index in [1.54, 1.807) is 16.2 Å². The molecular formula is C12H13N3O3S. The van der Waals surface area contributed by atoms with Gasteiger partial charge in [0.1, 0.15) is 6.33 Å². The summed E-state index contributed by atoms with van der Waals surface area (Å²) < 4.78 is 6.19. The molecule has 3 rings (SSSR count). The molecule has 1 aliphatic rings. The van der Waals surface area contributed by atoms with Gasteiger partial charge in [-0.2, -0.15) is 0 Å². The van der Waals surface area contributed by atoms with Crippen LogP contribution in [0.15, 0.2) is 11.7 Å². The topological polar surface area (TPSA) is 75.5 Å². The van der Waals surface area contributed by atoms with Crippen molar-refractivity contribution in [3.8, 4) is 0 Å². The number of hydrogen-bond acceptors (Lipinski definition) is 6. The van der Waals surface area contributed by atoms with Crippen molar-refractivity contribution in [1.29, 1.82) is 0 Å². The minimum absolute atomic E-state index is 0.186. The molecule has 1 atom stereocenters. The lowest BCUT2D eigenvalue weighted by atomic mass is 10.2. The van der Waals surface area contributed by atoms with E-state index < -0.39 is 12.0 Å². The first-order valence-corrected chi connectivity index (χ1v) is 6.82. The number of carboxylic acid groups (broad SMARTS) is 1. The van der Waals surface area contributed by atoms with E-state index in [4.69, 9.17) is 4.74 Å². The van der Waals surface area contributed by atoms with Crippen molar-refractivity contribution in [1.82, 2.24) is 9.97 Å². The number of morpholine rings is 1. The molecule has 0 radical (unpaired) electrons. The van der Waals surface area contributed by atoms with Gasteiger partial charge in [-0.25, -0.2) is 14.8 Å². The number of ether oxygens (including phenoxy) is 1. The van der Waals surface area contributed by atoms with E-state index in [-0.39, 0.29) is 6.61 Å². The van der Waals surface area contributed by atoms with Crippen LogP contribution in [0.1, 0.15) is 5.56 Å². The third kappa shape index (κ3) is 2.04. The average molecular weight is 279 g/mol. The second kappa shape index (κ2) is 4.75. The SMILES string of the molecule is Cc1csc2c(N3CCOCC3C(=O)O)ncnc12. The molecule has 100 valence electrons. The van der Waals surface area contributed by atoms with Crippen LogP contribution in [0.3, 0.4) is 0 Å². The number of hydrogen-bond donors (Lipinski definition) is 1. The Balaban J connectivity index is 2.09. The van der Waals surface area contributed by atoms with E-state index in [1.807, 2.05) is 12.3 Å². The van der Waals surface area contributed by atoms with Crippen LogP contribution in [0.2, 0.25) is 0 Å². The molecule has 1 saturated heterocycles. The van der Waals surface area contributed by atoms with Crippen LogP contribution < -0.4 is 4.90 Å². The number of aryl methyl sites for hydroxylation is 1. The fraction of sp³-hybridized carbons (Fsp3) is 0.417. The normalized spacial score (nSPS) is 19.8. The van der Waals surface area contributed by atoms with Gasteiger partial charge in [-0.1, -0.05) is 0 Å². The van der Waals surface area contributed by atoms with Gasteiger partial charge in [-0.3, -0.25) is 0 Å². The first-order valence-electron chi connectivity index (χ1n) is 5.94. The van der Waals surface area contributed by atoms with Gasteiger partial charge in [0.15, 0.2) is 11.9 Å². The van der Waals surface area contributed by atoms with Crippen molar-refractivity contribution < 1.29 is 14.6 Å². The van der Waals surface area contributed by atoms with Crippen molar-refractivity contribution in [2.45, 2.75) is 13.0 Å². The molecule has 7 heteroatoms. The highest BCUT2D eigenvalue weighted by Gasteiger charge is 2.31. The molecule has 19 heavy (non-hydrogen) atoms. The molecule has 2 aromatic rings. The Hall–Kier alpha value is -1.73. The summed E-state index contributed by atoms with van der Waals surface area (Å²) in [6.45, 7) is 3.22. The minimum Gasteiger partial charge on any atom is -0.480 e. The number of nitrogens with zero attached hydrogens (tertiary/aromatic N) is 3. The zero-order valence-corrected chi connectivity index (χ0v) is 11.2. The predicted octanol–water partition coefficient (Wildman–Crippen LogP) is 1.29. The Morgan fingerprint density at radius 3 is 3.21 bits per heavy atom. The van der Waals surface area contributed by atoms with E-state index >= 15 is 0 Å². The Kier molecular flexibility index (Phi) is 3.08. The lowest BCUT2D eigenvalue weighted by Gasteiger charge is -2.33. The van der Waals surface area contributed by atoms with E-state index in [2.05, 4.69) is 9.97 Å². The highest BCUT2D eigenvalue weighted by molar-refractivity contribution is 7.18. The van der Waals surface area contributed by atoms with Gasteiger partial charge in [0, 0.05) is 6.54 Å². The summed E-state index contributed by atoms with van der Waals surface area (Å²) in [5.74, 6) is -0.196. The summed E-state index contributed by atoms with van der Waals surface area (Å²) in [7, 11) is 0. The van der Waals surface area contributed by atoms with Crippen LogP contribution >= 0.6 is 11.3 Å². The number of fused-ring (bicyclic) bond motifs is 1. The molecule has 1 aliphatic heterocycles. The first-order chi connectivity index (χ1) is 9.18. The molecule has 0 saturated carbocycles. The van der Waals surface area contributed by atoms with Crippen molar-refractivity contribution in [2.24, 2.45) is 0 Å². The monoisotopic (exact) mass is 279 g/mol. The van der Waals surface area contributed by atoms with Crippen molar-refractivity contribution >= 4 is 33.3 Å². The van der Waals surface area contributed by atoms with Gasteiger partial charge in [0.2, 0.25) is 0 Å². The van der Waals surface area contributed by atoms with Gasteiger partial charge >= 0.3 is 5.97 Å². The Bertz CT molecular complexity index is 628.